The van der Waals surface area contributed by atoms with E-state index in [0.29, 0.717) is 22.7 Å². The summed E-state index contributed by atoms with van der Waals surface area (Å²) in [5.74, 6) is -0.904. The van der Waals surface area contributed by atoms with Crippen molar-refractivity contribution in [2.75, 3.05) is 11.2 Å². The van der Waals surface area contributed by atoms with Crippen LogP contribution in [0, 0.1) is 6.92 Å². The van der Waals surface area contributed by atoms with Crippen LogP contribution >= 0.6 is 35.0 Å². The fraction of sp³-hybridized carbons (Fsp3) is 0.250. The highest BCUT2D eigenvalue weighted by Gasteiger charge is 2.23. The molecule has 1 amide bonds. The van der Waals surface area contributed by atoms with E-state index in [0.717, 1.165) is 9.79 Å². The summed E-state index contributed by atoms with van der Waals surface area (Å²) in [5.41, 5.74) is 2.30. The molecule has 0 saturated heterocycles. The molecule has 3 aromatic carbocycles. The summed E-state index contributed by atoms with van der Waals surface area (Å²) in [7, 11) is 0. The Bertz CT molecular complexity index is 1170. The van der Waals surface area contributed by atoms with Crippen LogP contribution in [-0.4, -0.2) is 29.6 Å². The standard InChI is InChI=1S/C28H27Cl2NO4S/c1-19-5-13-23(14-6-19)36-24-15-11-22(12-16-24)31-26(32)3-2-4-27(33)35-25(17-18-29)28(34)20-7-9-21(30)10-8-20/h5-16,25H,2-4,17-18H2,1H3,(H,31,32). The lowest BCUT2D eigenvalue weighted by molar-refractivity contribution is -0.147. The molecule has 0 fully saturated rings. The lowest BCUT2D eigenvalue weighted by Crippen LogP contribution is -2.28. The minimum Gasteiger partial charge on any atom is -0.454 e. The van der Waals surface area contributed by atoms with Gasteiger partial charge in [-0.3, -0.25) is 14.4 Å². The van der Waals surface area contributed by atoms with Gasteiger partial charge in [0.2, 0.25) is 11.7 Å². The number of ether oxygens (including phenoxy) is 1. The van der Waals surface area contributed by atoms with Gasteiger partial charge in [-0.2, -0.15) is 0 Å². The smallest absolute Gasteiger partial charge is 0.306 e. The number of halogens is 2. The molecular weight excluding hydrogens is 517 g/mol. The van der Waals surface area contributed by atoms with Crippen molar-refractivity contribution in [3.8, 4) is 0 Å². The number of aryl methyl sites for hydroxylation is 1. The van der Waals surface area contributed by atoms with Gasteiger partial charge in [-0.05, 0) is 74.0 Å². The number of hydrogen-bond donors (Lipinski definition) is 1. The number of esters is 1. The second kappa shape index (κ2) is 14.1. The van der Waals surface area contributed by atoms with Gasteiger partial charge in [-0.1, -0.05) is 41.1 Å². The summed E-state index contributed by atoms with van der Waals surface area (Å²) in [6, 6.07) is 22.3. The predicted octanol–water partition coefficient (Wildman–Crippen LogP) is 7.33. The van der Waals surface area contributed by atoms with Gasteiger partial charge < -0.3 is 10.1 Å². The summed E-state index contributed by atoms with van der Waals surface area (Å²) < 4.78 is 5.37. The van der Waals surface area contributed by atoms with E-state index in [9.17, 15) is 14.4 Å². The number of anilines is 1. The lowest BCUT2D eigenvalue weighted by atomic mass is 10.0. The van der Waals surface area contributed by atoms with E-state index in [2.05, 4.69) is 36.5 Å². The van der Waals surface area contributed by atoms with Crippen LogP contribution < -0.4 is 5.32 Å². The average molecular weight is 545 g/mol. The van der Waals surface area contributed by atoms with Crippen LogP contribution in [0.25, 0.3) is 0 Å². The third-order valence-electron chi connectivity index (χ3n) is 5.25. The van der Waals surface area contributed by atoms with Gasteiger partial charge in [-0.15, -0.1) is 11.6 Å². The maximum Gasteiger partial charge on any atom is 0.306 e. The minimum atomic E-state index is -0.971. The Labute approximate surface area is 225 Å². The van der Waals surface area contributed by atoms with Crippen molar-refractivity contribution in [3.63, 3.8) is 0 Å². The van der Waals surface area contributed by atoms with E-state index >= 15 is 0 Å². The van der Waals surface area contributed by atoms with Crippen molar-refractivity contribution < 1.29 is 19.1 Å². The Morgan fingerprint density at radius 1 is 0.889 bits per heavy atom. The number of hydrogen-bond acceptors (Lipinski definition) is 5. The first kappa shape index (κ1) is 27.8. The molecule has 0 spiro atoms. The highest BCUT2D eigenvalue weighted by Crippen LogP contribution is 2.28. The highest BCUT2D eigenvalue weighted by molar-refractivity contribution is 7.99. The molecule has 1 atom stereocenters. The van der Waals surface area contributed by atoms with Crippen molar-refractivity contribution in [1.82, 2.24) is 0 Å². The summed E-state index contributed by atoms with van der Waals surface area (Å²) in [5, 5.41) is 3.34. The molecule has 0 radical (unpaired) electrons. The zero-order chi connectivity index (χ0) is 25.9. The van der Waals surface area contributed by atoms with Crippen LogP contribution in [-0.2, 0) is 14.3 Å². The molecule has 1 unspecified atom stereocenters. The van der Waals surface area contributed by atoms with Gasteiger partial charge in [0, 0.05) is 51.2 Å². The van der Waals surface area contributed by atoms with Crippen LogP contribution in [0.15, 0.2) is 82.6 Å². The summed E-state index contributed by atoms with van der Waals surface area (Å²) in [6.45, 7) is 2.05. The van der Waals surface area contributed by atoms with E-state index < -0.39 is 12.1 Å². The summed E-state index contributed by atoms with van der Waals surface area (Å²) in [4.78, 5) is 39.5. The topological polar surface area (TPSA) is 72.5 Å². The van der Waals surface area contributed by atoms with Crippen LogP contribution in [0.4, 0.5) is 5.69 Å². The number of Topliss-reactive ketones (excluding diaryl/α,β-unsaturated/α-hetero) is 1. The molecule has 1 N–H and O–H groups in total. The molecule has 3 rings (SSSR count). The normalized spacial score (nSPS) is 11.5. The second-order valence-electron chi connectivity index (χ2n) is 8.17. The molecule has 0 aliphatic heterocycles. The van der Waals surface area contributed by atoms with Gasteiger partial charge in [-0.25, -0.2) is 0 Å². The number of rotatable bonds is 12. The molecule has 0 heterocycles. The molecule has 3 aromatic rings. The number of amides is 1. The number of nitrogens with one attached hydrogen (secondary N) is 1. The Morgan fingerprint density at radius 3 is 2.11 bits per heavy atom. The van der Waals surface area contributed by atoms with Crippen molar-refractivity contribution in [1.29, 1.82) is 0 Å². The molecule has 0 saturated carbocycles. The minimum absolute atomic E-state index is 0.0201. The Hall–Kier alpha value is -2.80. The van der Waals surface area contributed by atoms with E-state index in [1.165, 1.54) is 5.56 Å². The quantitative estimate of drug-likeness (QED) is 0.147. The highest BCUT2D eigenvalue weighted by atomic mass is 35.5. The molecule has 5 nitrogen and oxygen atoms in total. The molecule has 8 heteroatoms. The maximum absolute atomic E-state index is 12.7. The van der Waals surface area contributed by atoms with Gasteiger partial charge >= 0.3 is 5.97 Å². The van der Waals surface area contributed by atoms with Crippen molar-refractivity contribution in [2.45, 2.75) is 48.5 Å². The first-order chi connectivity index (χ1) is 17.3. The van der Waals surface area contributed by atoms with Crippen molar-refractivity contribution in [3.05, 3.63) is 88.9 Å². The monoisotopic (exact) mass is 543 g/mol. The number of carbonyl (C=O) groups excluding carboxylic acids is 3. The molecule has 0 bridgehead atoms. The number of carbonyl (C=O) groups is 3. The zero-order valence-electron chi connectivity index (χ0n) is 19.8. The van der Waals surface area contributed by atoms with Gasteiger partial charge in [0.1, 0.15) is 0 Å². The third kappa shape index (κ3) is 9.01. The van der Waals surface area contributed by atoms with E-state index in [-0.39, 0.29) is 36.8 Å². The molecule has 0 aliphatic carbocycles. The Morgan fingerprint density at radius 2 is 1.50 bits per heavy atom. The third-order valence-corrected chi connectivity index (χ3v) is 6.73. The number of ketones is 1. The molecule has 188 valence electrons. The van der Waals surface area contributed by atoms with Gasteiger partial charge in [0.15, 0.2) is 6.10 Å². The molecule has 36 heavy (non-hydrogen) atoms. The Balaban J connectivity index is 1.42. The van der Waals surface area contributed by atoms with Crippen molar-refractivity contribution >= 4 is 58.3 Å². The van der Waals surface area contributed by atoms with Gasteiger partial charge in [0.05, 0.1) is 0 Å². The molecule has 0 aromatic heterocycles. The SMILES string of the molecule is Cc1ccc(Sc2ccc(NC(=O)CCCC(=O)OC(CCCl)C(=O)c3ccc(Cl)cc3)cc2)cc1. The fourth-order valence-corrected chi connectivity index (χ4v) is 4.47. The largest absolute Gasteiger partial charge is 0.454 e. The summed E-state index contributed by atoms with van der Waals surface area (Å²) in [6.07, 6.45) is -0.296. The van der Waals surface area contributed by atoms with Crippen LogP contribution in [0.5, 0.6) is 0 Å². The molecular formula is C28H27Cl2NO4S. The predicted molar refractivity (Wildman–Crippen MR) is 145 cm³/mol. The number of alkyl halides is 1. The van der Waals surface area contributed by atoms with Crippen LogP contribution in [0.2, 0.25) is 5.02 Å². The summed E-state index contributed by atoms with van der Waals surface area (Å²) >= 11 is 13.3. The zero-order valence-corrected chi connectivity index (χ0v) is 22.2. The first-order valence-corrected chi connectivity index (χ1v) is 13.3. The van der Waals surface area contributed by atoms with Crippen LogP contribution in [0.1, 0.15) is 41.6 Å². The number of benzene rings is 3. The average Bonchev–Trinajstić information content (AvgIpc) is 2.86. The van der Waals surface area contributed by atoms with E-state index in [1.54, 1.807) is 36.0 Å². The van der Waals surface area contributed by atoms with Crippen LogP contribution in [0.3, 0.4) is 0 Å². The van der Waals surface area contributed by atoms with E-state index in [1.807, 2.05) is 24.3 Å². The lowest BCUT2D eigenvalue weighted by Gasteiger charge is -2.16. The maximum atomic E-state index is 12.7. The van der Waals surface area contributed by atoms with Gasteiger partial charge in [0.25, 0.3) is 0 Å². The fourth-order valence-electron chi connectivity index (χ4n) is 3.33. The second-order valence-corrected chi connectivity index (χ2v) is 10.1. The van der Waals surface area contributed by atoms with Crippen molar-refractivity contribution in [2.24, 2.45) is 0 Å². The molecule has 0 aliphatic rings. The Kier molecular flexibility index (Phi) is 10.9. The first-order valence-electron chi connectivity index (χ1n) is 11.5. The van der Waals surface area contributed by atoms with E-state index in [4.69, 9.17) is 27.9 Å².